The van der Waals surface area contributed by atoms with E-state index in [2.05, 4.69) is 15.0 Å². The fourth-order valence-electron chi connectivity index (χ4n) is 2.53. The summed E-state index contributed by atoms with van der Waals surface area (Å²) in [6.07, 6.45) is 6.77. The highest BCUT2D eigenvalue weighted by molar-refractivity contribution is 5.95. The highest BCUT2D eigenvalue weighted by Crippen LogP contribution is 2.32. The number of imidazole rings is 1. The number of fused-ring (bicyclic) bond motifs is 1. The Balaban J connectivity index is 2.16. The molecule has 0 atom stereocenters. The van der Waals surface area contributed by atoms with Gasteiger partial charge in [0.15, 0.2) is 0 Å². The van der Waals surface area contributed by atoms with Crippen LogP contribution in [-0.2, 0) is 11.2 Å². The molecule has 2 aromatic heterocycles. The van der Waals surface area contributed by atoms with Crippen LogP contribution in [0.2, 0.25) is 0 Å². The molecule has 0 spiro atoms. The molecular weight excluding hydrogens is 294 g/mol. The van der Waals surface area contributed by atoms with Gasteiger partial charge in [0, 0.05) is 31.5 Å². The lowest BCUT2D eigenvalue weighted by atomic mass is 10.1. The standard InChI is InChI=1S/C16H19N5O2/c1-22-9-3-4-11-14-12(5-6-13(23-2)15(14)17)20-16(19-11)21-8-7-18-10-21/h5-8,10H,3-4,9,17H2,1-2H3. The first kappa shape index (κ1) is 15.2. The minimum Gasteiger partial charge on any atom is -0.495 e. The highest BCUT2D eigenvalue weighted by Gasteiger charge is 2.14. The second-order valence-corrected chi connectivity index (χ2v) is 5.11. The van der Waals surface area contributed by atoms with Crippen LogP contribution in [0.5, 0.6) is 5.75 Å². The minimum absolute atomic E-state index is 0.564. The van der Waals surface area contributed by atoms with Gasteiger partial charge in [-0.25, -0.2) is 15.0 Å². The van der Waals surface area contributed by atoms with Gasteiger partial charge in [0.1, 0.15) is 12.1 Å². The summed E-state index contributed by atoms with van der Waals surface area (Å²) in [5.41, 5.74) is 8.48. The average molecular weight is 313 g/mol. The van der Waals surface area contributed by atoms with Crippen LogP contribution in [0.4, 0.5) is 5.69 Å². The molecule has 7 heteroatoms. The first-order valence-corrected chi connectivity index (χ1v) is 7.35. The molecule has 0 unspecified atom stereocenters. The fraction of sp³-hybridized carbons (Fsp3) is 0.312. The van der Waals surface area contributed by atoms with Crippen molar-refractivity contribution in [2.75, 3.05) is 26.6 Å². The van der Waals surface area contributed by atoms with Crippen LogP contribution in [-0.4, -0.2) is 40.3 Å². The smallest absolute Gasteiger partial charge is 0.235 e. The molecular formula is C16H19N5O2. The third-order valence-electron chi connectivity index (χ3n) is 3.64. The van der Waals surface area contributed by atoms with Crippen molar-refractivity contribution in [3.8, 4) is 11.7 Å². The summed E-state index contributed by atoms with van der Waals surface area (Å²) in [7, 11) is 3.29. The van der Waals surface area contributed by atoms with Gasteiger partial charge in [-0.1, -0.05) is 0 Å². The maximum absolute atomic E-state index is 6.25. The molecule has 0 fully saturated rings. The van der Waals surface area contributed by atoms with E-state index >= 15 is 0 Å². The van der Waals surface area contributed by atoms with Crippen LogP contribution in [0.15, 0.2) is 30.9 Å². The van der Waals surface area contributed by atoms with Gasteiger partial charge in [-0.2, -0.15) is 0 Å². The van der Waals surface area contributed by atoms with Gasteiger partial charge in [-0.05, 0) is 25.0 Å². The predicted octanol–water partition coefficient (Wildman–Crippen LogP) is 1.99. The molecule has 0 amide bonds. The molecule has 2 N–H and O–H groups in total. The number of nitrogen functional groups attached to an aromatic ring is 1. The Hall–Kier alpha value is -2.67. The lowest BCUT2D eigenvalue weighted by Crippen LogP contribution is -2.07. The first-order chi connectivity index (χ1) is 11.2. The zero-order valence-electron chi connectivity index (χ0n) is 13.2. The van der Waals surface area contributed by atoms with Crippen molar-refractivity contribution in [3.63, 3.8) is 0 Å². The van der Waals surface area contributed by atoms with Gasteiger partial charge in [-0.15, -0.1) is 0 Å². The minimum atomic E-state index is 0.564. The molecule has 0 saturated carbocycles. The van der Waals surface area contributed by atoms with Crippen molar-refractivity contribution in [2.45, 2.75) is 12.8 Å². The molecule has 0 aliphatic heterocycles. The van der Waals surface area contributed by atoms with Gasteiger partial charge in [-0.3, -0.25) is 4.57 Å². The molecule has 23 heavy (non-hydrogen) atoms. The van der Waals surface area contributed by atoms with E-state index in [0.717, 1.165) is 29.4 Å². The lowest BCUT2D eigenvalue weighted by molar-refractivity contribution is 0.195. The number of aryl methyl sites for hydroxylation is 1. The van der Waals surface area contributed by atoms with E-state index in [-0.39, 0.29) is 0 Å². The number of nitrogens with two attached hydrogens (primary N) is 1. The van der Waals surface area contributed by atoms with E-state index in [1.807, 2.05) is 18.3 Å². The molecule has 1 aromatic carbocycles. The van der Waals surface area contributed by atoms with E-state index in [0.29, 0.717) is 24.0 Å². The number of methoxy groups -OCH3 is 2. The van der Waals surface area contributed by atoms with Crippen molar-refractivity contribution in [3.05, 3.63) is 36.5 Å². The number of aromatic nitrogens is 4. The largest absolute Gasteiger partial charge is 0.495 e. The van der Waals surface area contributed by atoms with Crippen LogP contribution < -0.4 is 10.5 Å². The van der Waals surface area contributed by atoms with E-state index in [1.54, 1.807) is 31.3 Å². The Morgan fingerprint density at radius 2 is 2.09 bits per heavy atom. The number of rotatable bonds is 6. The Labute approximate surface area is 134 Å². The van der Waals surface area contributed by atoms with Crippen LogP contribution in [0.25, 0.3) is 16.9 Å². The van der Waals surface area contributed by atoms with Crippen molar-refractivity contribution in [1.29, 1.82) is 0 Å². The maximum atomic E-state index is 6.25. The lowest BCUT2D eigenvalue weighted by Gasteiger charge is -2.13. The van der Waals surface area contributed by atoms with Crippen molar-refractivity contribution >= 4 is 16.6 Å². The van der Waals surface area contributed by atoms with Crippen molar-refractivity contribution in [1.82, 2.24) is 19.5 Å². The van der Waals surface area contributed by atoms with E-state index in [4.69, 9.17) is 15.2 Å². The monoisotopic (exact) mass is 313 g/mol. The quantitative estimate of drug-likeness (QED) is 0.553. The molecule has 3 rings (SSSR count). The molecule has 7 nitrogen and oxygen atoms in total. The molecule has 2 heterocycles. The van der Waals surface area contributed by atoms with Crippen molar-refractivity contribution in [2.24, 2.45) is 0 Å². The molecule has 0 bridgehead atoms. The summed E-state index contributed by atoms with van der Waals surface area (Å²) in [5.74, 6) is 1.21. The van der Waals surface area contributed by atoms with E-state index in [1.165, 1.54) is 0 Å². The molecule has 3 aromatic rings. The van der Waals surface area contributed by atoms with Crippen molar-refractivity contribution < 1.29 is 9.47 Å². The third-order valence-corrected chi connectivity index (χ3v) is 3.64. The summed E-state index contributed by atoms with van der Waals surface area (Å²) in [5, 5.41) is 0.837. The molecule has 0 aliphatic rings. The third kappa shape index (κ3) is 2.95. The van der Waals surface area contributed by atoms with Crippen LogP contribution in [0.3, 0.4) is 0 Å². The zero-order valence-corrected chi connectivity index (χ0v) is 13.2. The van der Waals surface area contributed by atoms with Crippen LogP contribution in [0.1, 0.15) is 12.1 Å². The Morgan fingerprint density at radius 3 is 2.78 bits per heavy atom. The number of benzene rings is 1. The zero-order chi connectivity index (χ0) is 16.2. The summed E-state index contributed by atoms with van der Waals surface area (Å²) in [4.78, 5) is 13.3. The normalized spacial score (nSPS) is 11.0. The predicted molar refractivity (Wildman–Crippen MR) is 87.8 cm³/mol. The SMILES string of the molecule is COCCCc1nc(-n2ccnc2)nc2ccc(OC)c(N)c12. The maximum Gasteiger partial charge on any atom is 0.235 e. The van der Waals surface area contributed by atoms with Gasteiger partial charge >= 0.3 is 0 Å². The second-order valence-electron chi connectivity index (χ2n) is 5.11. The van der Waals surface area contributed by atoms with Crippen LogP contribution in [0, 0.1) is 0 Å². The number of hydrogen-bond acceptors (Lipinski definition) is 6. The van der Waals surface area contributed by atoms with Gasteiger partial charge in [0.25, 0.3) is 0 Å². The Bertz CT molecular complexity index is 802. The molecule has 0 aliphatic carbocycles. The van der Waals surface area contributed by atoms with Gasteiger partial charge in [0.2, 0.25) is 5.95 Å². The average Bonchev–Trinajstić information content (AvgIpc) is 3.09. The number of anilines is 1. The summed E-state index contributed by atoms with van der Waals surface area (Å²) < 4.78 is 12.2. The Morgan fingerprint density at radius 1 is 1.22 bits per heavy atom. The topological polar surface area (TPSA) is 88.1 Å². The van der Waals surface area contributed by atoms with Gasteiger partial charge < -0.3 is 15.2 Å². The van der Waals surface area contributed by atoms with E-state index in [9.17, 15) is 0 Å². The molecule has 0 saturated heterocycles. The molecule has 120 valence electrons. The molecule has 0 radical (unpaired) electrons. The van der Waals surface area contributed by atoms with Gasteiger partial charge in [0.05, 0.1) is 24.0 Å². The highest BCUT2D eigenvalue weighted by atomic mass is 16.5. The van der Waals surface area contributed by atoms with Crippen LogP contribution >= 0.6 is 0 Å². The number of nitrogens with zero attached hydrogens (tertiary/aromatic N) is 4. The fourth-order valence-corrected chi connectivity index (χ4v) is 2.53. The number of hydrogen-bond donors (Lipinski definition) is 1. The first-order valence-electron chi connectivity index (χ1n) is 7.35. The van der Waals surface area contributed by atoms with E-state index < -0.39 is 0 Å². The number of ether oxygens (including phenoxy) is 2. The summed E-state index contributed by atoms with van der Waals surface area (Å²) >= 11 is 0. The summed E-state index contributed by atoms with van der Waals surface area (Å²) in [6, 6.07) is 3.72. The second kappa shape index (κ2) is 6.62. The summed E-state index contributed by atoms with van der Waals surface area (Å²) in [6.45, 7) is 0.662. The Kier molecular flexibility index (Phi) is 4.38.